The molecule has 0 unspecified atom stereocenters. The Balaban J connectivity index is 1.45. The number of halogens is 1. The summed E-state index contributed by atoms with van der Waals surface area (Å²) in [5.74, 6) is -0.647. The molecule has 0 spiro atoms. The van der Waals surface area contributed by atoms with Crippen LogP contribution in [0.25, 0.3) is 5.69 Å². The molecule has 0 N–H and O–H groups in total. The van der Waals surface area contributed by atoms with E-state index in [-0.39, 0.29) is 11.7 Å². The summed E-state index contributed by atoms with van der Waals surface area (Å²) >= 11 is 0. The molecule has 30 heavy (non-hydrogen) atoms. The molecule has 0 bridgehead atoms. The molecule has 1 aliphatic rings. The second kappa shape index (κ2) is 8.10. The molecule has 1 saturated heterocycles. The predicted octanol–water partition coefficient (Wildman–Crippen LogP) is 3.48. The van der Waals surface area contributed by atoms with Gasteiger partial charge in [0.25, 0.3) is 5.91 Å². The van der Waals surface area contributed by atoms with Crippen LogP contribution < -0.4 is 4.90 Å². The summed E-state index contributed by atoms with van der Waals surface area (Å²) in [5, 5.41) is 4.38. The van der Waals surface area contributed by atoms with Crippen molar-refractivity contribution < 1.29 is 14.0 Å². The largest absolute Gasteiger partial charge is 0.366 e. The Bertz CT molecular complexity index is 1090. The van der Waals surface area contributed by atoms with E-state index in [2.05, 4.69) is 5.10 Å². The molecule has 0 saturated carbocycles. The first-order chi connectivity index (χ1) is 14.5. The lowest BCUT2D eigenvalue weighted by molar-refractivity contribution is 0.0745. The van der Waals surface area contributed by atoms with Gasteiger partial charge in [-0.3, -0.25) is 9.59 Å². The molecule has 2 aromatic carbocycles. The SMILES string of the molecule is CC(=O)c1ccc(N2CCN(C(=O)c3cnn(-c4ccccc4)c3C)CC2)c(F)c1. The van der Waals surface area contributed by atoms with Crippen molar-refractivity contribution >= 4 is 17.4 Å². The van der Waals surface area contributed by atoms with E-state index < -0.39 is 5.82 Å². The minimum absolute atomic E-state index is 0.0678. The lowest BCUT2D eigenvalue weighted by atomic mass is 10.1. The van der Waals surface area contributed by atoms with Gasteiger partial charge in [-0.1, -0.05) is 18.2 Å². The molecule has 1 amide bonds. The minimum Gasteiger partial charge on any atom is -0.366 e. The van der Waals surface area contributed by atoms with Gasteiger partial charge < -0.3 is 9.80 Å². The number of piperazine rings is 1. The number of para-hydroxylation sites is 1. The van der Waals surface area contributed by atoms with Crippen molar-refractivity contribution in [2.45, 2.75) is 13.8 Å². The highest BCUT2D eigenvalue weighted by molar-refractivity contribution is 5.95. The van der Waals surface area contributed by atoms with Crippen LogP contribution in [0.15, 0.2) is 54.7 Å². The van der Waals surface area contributed by atoms with Crippen LogP contribution in [0.3, 0.4) is 0 Å². The Morgan fingerprint density at radius 2 is 1.70 bits per heavy atom. The fraction of sp³-hybridized carbons (Fsp3) is 0.261. The van der Waals surface area contributed by atoms with E-state index in [1.54, 1.807) is 27.9 Å². The number of hydrogen-bond acceptors (Lipinski definition) is 4. The van der Waals surface area contributed by atoms with Crippen molar-refractivity contribution in [3.8, 4) is 5.69 Å². The van der Waals surface area contributed by atoms with Gasteiger partial charge in [0, 0.05) is 31.7 Å². The van der Waals surface area contributed by atoms with Crippen LogP contribution >= 0.6 is 0 Å². The first-order valence-corrected chi connectivity index (χ1v) is 9.90. The maximum Gasteiger partial charge on any atom is 0.257 e. The summed E-state index contributed by atoms with van der Waals surface area (Å²) in [7, 11) is 0. The highest BCUT2D eigenvalue weighted by Crippen LogP contribution is 2.23. The van der Waals surface area contributed by atoms with Gasteiger partial charge in [-0.15, -0.1) is 0 Å². The van der Waals surface area contributed by atoms with Gasteiger partial charge in [-0.2, -0.15) is 5.10 Å². The molecule has 6 nitrogen and oxygen atoms in total. The average Bonchev–Trinajstić information content (AvgIpc) is 3.15. The van der Waals surface area contributed by atoms with Crippen LogP contribution in [-0.2, 0) is 0 Å². The van der Waals surface area contributed by atoms with E-state index in [4.69, 9.17) is 0 Å². The van der Waals surface area contributed by atoms with Crippen LogP contribution in [0.5, 0.6) is 0 Å². The van der Waals surface area contributed by atoms with Crippen molar-refractivity contribution in [3.63, 3.8) is 0 Å². The van der Waals surface area contributed by atoms with Gasteiger partial charge in [-0.05, 0) is 44.2 Å². The van der Waals surface area contributed by atoms with Gasteiger partial charge in [0.1, 0.15) is 5.82 Å². The van der Waals surface area contributed by atoms with E-state index in [0.717, 1.165) is 11.4 Å². The number of aromatic nitrogens is 2. The number of hydrogen-bond donors (Lipinski definition) is 0. The molecule has 1 fully saturated rings. The Morgan fingerprint density at radius 1 is 1.00 bits per heavy atom. The number of nitrogens with zero attached hydrogens (tertiary/aromatic N) is 4. The molecule has 154 valence electrons. The fourth-order valence-electron chi connectivity index (χ4n) is 3.75. The first-order valence-electron chi connectivity index (χ1n) is 9.90. The number of Topliss-reactive ketones (excluding diaryl/α,β-unsaturated/α-hetero) is 1. The number of ketones is 1. The zero-order valence-electron chi connectivity index (χ0n) is 17.0. The van der Waals surface area contributed by atoms with Gasteiger partial charge in [0.15, 0.2) is 5.78 Å². The molecule has 4 rings (SSSR count). The van der Waals surface area contributed by atoms with Gasteiger partial charge in [0.2, 0.25) is 0 Å². The van der Waals surface area contributed by atoms with Crippen molar-refractivity contribution in [2.75, 3.05) is 31.1 Å². The lowest BCUT2D eigenvalue weighted by Crippen LogP contribution is -2.49. The summed E-state index contributed by atoms with van der Waals surface area (Å²) in [5.41, 5.74) is 3.09. The van der Waals surface area contributed by atoms with Crippen molar-refractivity contribution in [2.24, 2.45) is 0 Å². The first kappa shape index (κ1) is 19.8. The third kappa shape index (κ3) is 3.70. The van der Waals surface area contributed by atoms with Crippen molar-refractivity contribution in [3.05, 3.63) is 77.4 Å². The van der Waals surface area contributed by atoms with Crippen LogP contribution in [0.2, 0.25) is 0 Å². The molecular weight excluding hydrogens is 383 g/mol. The second-order valence-corrected chi connectivity index (χ2v) is 7.39. The molecule has 0 radical (unpaired) electrons. The summed E-state index contributed by atoms with van der Waals surface area (Å²) in [4.78, 5) is 28.1. The molecule has 0 aliphatic carbocycles. The summed E-state index contributed by atoms with van der Waals surface area (Å²) in [6.45, 7) is 5.32. The van der Waals surface area contributed by atoms with Gasteiger partial charge in [0.05, 0.1) is 28.8 Å². The van der Waals surface area contributed by atoms with Crippen LogP contribution in [0.4, 0.5) is 10.1 Å². The number of rotatable bonds is 4. The molecule has 1 aliphatic heterocycles. The van der Waals surface area contributed by atoms with E-state index in [0.29, 0.717) is 43.0 Å². The van der Waals surface area contributed by atoms with Gasteiger partial charge in [-0.25, -0.2) is 9.07 Å². The van der Waals surface area contributed by atoms with Crippen molar-refractivity contribution in [1.29, 1.82) is 0 Å². The highest BCUT2D eigenvalue weighted by atomic mass is 19.1. The normalized spacial score (nSPS) is 14.1. The van der Waals surface area contributed by atoms with E-state index in [9.17, 15) is 14.0 Å². The molecule has 7 heteroatoms. The lowest BCUT2D eigenvalue weighted by Gasteiger charge is -2.36. The minimum atomic E-state index is -0.414. The molecule has 0 atom stereocenters. The fourth-order valence-corrected chi connectivity index (χ4v) is 3.75. The Labute approximate surface area is 174 Å². The van der Waals surface area contributed by atoms with E-state index in [1.165, 1.54) is 13.0 Å². The standard InChI is InChI=1S/C23H23FN4O2/c1-16-20(15-25-28(16)19-6-4-3-5-7-19)23(30)27-12-10-26(11-13-27)22-9-8-18(17(2)29)14-21(22)24/h3-9,14-15H,10-13H2,1-2H3. The monoisotopic (exact) mass is 406 g/mol. The number of benzene rings is 2. The molecular formula is C23H23FN4O2. The van der Waals surface area contributed by atoms with Gasteiger partial charge >= 0.3 is 0 Å². The number of carbonyl (C=O) groups excluding carboxylic acids is 2. The zero-order chi connectivity index (χ0) is 21.3. The third-order valence-corrected chi connectivity index (χ3v) is 5.50. The molecule has 1 aromatic heterocycles. The summed E-state index contributed by atoms with van der Waals surface area (Å²) < 4.78 is 16.2. The molecule has 3 aromatic rings. The predicted molar refractivity (Wildman–Crippen MR) is 113 cm³/mol. The Hall–Kier alpha value is -3.48. The molecule has 2 heterocycles. The second-order valence-electron chi connectivity index (χ2n) is 7.39. The van der Waals surface area contributed by atoms with Crippen LogP contribution in [0.1, 0.15) is 33.3 Å². The smallest absolute Gasteiger partial charge is 0.257 e. The maximum atomic E-state index is 14.4. The van der Waals surface area contributed by atoms with Crippen molar-refractivity contribution in [1.82, 2.24) is 14.7 Å². The Kier molecular flexibility index (Phi) is 5.35. The highest BCUT2D eigenvalue weighted by Gasteiger charge is 2.26. The van der Waals surface area contributed by atoms with Crippen LogP contribution in [0, 0.1) is 12.7 Å². The number of amides is 1. The maximum absolute atomic E-state index is 14.4. The third-order valence-electron chi connectivity index (χ3n) is 5.50. The van der Waals surface area contributed by atoms with E-state index >= 15 is 0 Å². The van der Waals surface area contributed by atoms with E-state index in [1.807, 2.05) is 42.2 Å². The number of anilines is 1. The van der Waals surface area contributed by atoms with Crippen LogP contribution in [-0.4, -0.2) is 52.5 Å². The Morgan fingerprint density at radius 3 is 2.33 bits per heavy atom. The summed E-state index contributed by atoms with van der Waals surface area (Å²) in [6, 6.07) is 14.2. The topological polar surface area (TPSA) is 58.4 Å². The number of carbonyl (C=O) groups is 2. The quantitative estimate of drug-likeness (QED) is 0.623. The summed E-state index contributed by atoms with van der Waals surface area (Å²) in [6.07, 6.45) is 1.61. The average molecular weight is 406 g/mol. The zero-order valence-corrected chi connectivity index (χ0v) is 17.0.